The molecule has 2 rings (SSSR count). The van der Waals surface area contributed by atoms with Crippen molar-refractivity contribution in [2.24, 2.45) is 0 Å². The number of aliphatic hydroxyl groups is 1. The van der Waals surface area contributed by atoms with E-state index in [1.807, 2.05) is 6.07 Å². The molecular weight excluding hydrogens is 292 g/mol. The Balaban J connectivity index is 2.11. The van der Waals surface area contributed by atoms with Crippen molar-refractivity contribution in [3.8, 4) is 0 Å². The number of halogens is 1. The molecule has 1 aliphatic heterocycles. The number of nitrogens with zero attached hydrogens (tertiary/aromatic N) is 2. The number of piperazine rings is 1. The molecule has 1 fully saturated rings. The lowest BCUT2D eigenvalue weighted by Crippen LogP contribution is -2.51. The molecule has 18 heavy (non-hydrogen) atoms. The Bertz CT molecular complexity index is 411. The molecule has 1 aromatic carbocycles. The van der Waals surface area contributed by atoms with Crippen LogP contribution in [0.3, 0.4) is 0 Å². The van der Waals surface area contributed by atoms with E-state index in [0.717, 1.165) is 36.2 Å². The Labute approximate surface area is 118 Å². The van der Waals surface area contributed by atoms with Crippen LogP contribution in [0, 0.1) is 0 Å². The van der Waals surface area contributed by atoms with E-state index in [1.54, 1.807) is 0 Å². The summed E-state index contributed by atoms with van der Waals surface area (Å²) in [6, 6.07) is 6.81. The molecule has 1 heterocycles. The summed E-state index contributed by atoms with van der Waals surface area (Å²) in [6.07, 6.45) is 0. The maximum atomic E-state index is 9.18. The van der Waals surface area contributed by atoms with E-state index in [-0.39, 0.29) is 6.61 Å². The number of aliphatic hydroxyl groups excluding tert-OH is 1. The Kier molecular flexibility index (Phi) is 4.65. The van der Waals surface area contributed by atoms with Crippen LogP contribution in [0.2, 0.25) is 0 Å². The van der Waals surface area contributed by atoms with Crippen LogP contribution < -0.4 is 4.90 Å². The van der Waals surface area contributed by atoms with Gasteiger partial charge >= 0.3 is 0 Å². The van der Waals surface area contributed by atoms with Crippen molar-refractivity contribution in [2.45, 2.75) is 26.5 Å². The summed E-state index contributed by atoms with van der Waals surface area (Å²) in [5, 5.41) is 9.18. The maximum Gasteiger partial charge on any atom is 0.0692 e. The topological polar surface area (TPSA) is 26.7 Å². The SMILES string of the molecule is CCN1CCN(c2ccc(CO)c(Br)c2)CC1C. The summed E-state index contributed by atoms with van der Waals surface area (Å²) in [5.41, 5.74) is 2.18. The van der Waals surface area contributed by atoms with Gasteiger partial charge in [0.1, 0.15) is 0 Å². The van der Waals surface area contributed by atoms with Crippen molar-refractivity contribution >= 4 is 21.6 Å². The first-order valence-electron chi connectivity index (χ1n) is 6.54. The van der Waals surface area contributed by atoms with Gasteiger partial charge in [-0.15, -0.1) is 0 Å². The van der Waals surface area contributed by atoms with Crippen molar-refractivity contribution < 1.29 is 5.11 Å². The minimum atomic E-state index is 0.0842. The highest BCUT2D eigenvalue weighted by molar-refractivity contribution is 9.10. The van der Waals surface area contributed by atoms with Gasteiger partial charge in [-0.05, 0) is 31.2 Å². The largest absolute Gasteiger partial charge is 0.392 e. The van der Waals surface area contributed by atoms with E-state index in [4.69, 9.17) is 0 Å². The molecule has 1 aliphatic rings. The van der Waals surface area contributed by atoms with Gasteiger partial charge in [0.2, 0.25) is 0 Å². The first kappa shape index (κ1) is 13.8. The van der Waals surface area contributed by atoms with Gasteiger partial charge < -0.3 is 10.0 Å². The molecule has 1 N–H and O–H groups in total. The van der Waals surface area contributed by atoms with E-state index in [1.165, 1.54) is 5.69 Å². The lowest BCUT2D eigenvalue weighted by molar-refractivity contribution is 0.199. The molecule has 0 amide bonds. The van der Waals surface area contributed by atoms with Crippen LogP contribution >= 0.6 is 15.9 Å². The van der Waals surface area contributed by atoms with Crippen molar-refractivity contribution in [1.29, 1.82) is 0 Å². The highest BCUT2D eigenvalue weighted by Gasteiger charge is 2.22. The van der Waals surface area contributed by atoms with E-state index in [9.17, 15) is 5.11 Å². The van der Waals surface area contributed by atoms with Gasteiger partial charge in [-0.2, -0.15) is 0 Å². The van der Waals surface area contributed by atoms with Gasteiger partial charge in [-0.25, -0.2) is 0 Å². The Morgan fingerprint density at radius 1 is 1.39 bits per heavy atom. The highest BCUT2D eigenvalue weighted by Crippen LogP contribution is 2.26. The van der Waals surface area contributed by atoms with Gasteiger partial charge in [-0.3, -0.25) is 4.90 Å². The van der Waals surface area contributed by atoms with E-state index in [2.05, 4.69) is 51.7 Å². The average Bonchev–Trinajstić information content (AvgIpc) is 2.38. The molecule has 1 atom stereocenters. The molecule has 0 saturated carbocycles. The summed E-state index contributed by atoms with van der Waals surface area (Å²) in [7, 11) is 0. The molecule has 0 radical (unpaired) electrons. The van der Waals surface area contributed by atoms with Crippen LogP contribution in [-0.2, 0) is 6.61 Å². The third-order valence-electron chi connectivity index (χ3n) is 3.74. The Morgan fingerprint density at radius 3 is 2.72 bits per heavy atom. The molecule has 100 valence electrons. The molecule has 0 spiro atoms. The minimum absolute atomic E-state index is 0.0842. The van der Waals surface area contributed by atoms with E-state index in [0.29, 0.717) is 6.04 Å². The van der Waals surface area contributed by atoms with E-state index < -0.39 is 0 Å². The molecule has 0 aliphatic carbocycles. The number of rotatable bonds is 3. The molecule has 0 bridgehead atoms. The average molecular weight is 313 g/mol. The van der Waals surface area contributed by atoms with Crippen LogP contribution in [0.15, 0.2) is 22.7 Å². The van der Waals surface area contributed by atoms with Gasteiger partial charge in [0.05, 0.1) is 6.61 Å². The van der Waals surface area contributed by atoms with Gasteiger partial charge in [0.15, 0.2) is 0 Å². The first-order chi connectivity index (χ1) is 8.65. The summed E-state index contributed by atoms with van der Waals surface area (Å²) < 4.78 is 0.994. The van der Waals surface area contributed by atoms with Crippen molar-refractivity contribution in [3.05, 3.63) is 28.2 Å². The number of benzene rings is 1. The fourth-order valence-electron chi connectivity index (χ4n) is 2.56. The fourth-order valence-corrected chi connectivity index (χ4v) is 3.05. The van der Waals surface area contributed by atoms with Crippen molar-refractivity contribution in [1.82, 2.24) is 4.90 Å². The van der Waals surface area contributed by atoms with Crippen LogP contribution in [0.25, 0.3) is 0 Å². The third-order valence-corrected chi connectivity index (χ3v) is 4.48. The minimum Gasteiger partial charge on any atom is -0.392 e. The number of hydrogen-bond acceptors (Lipinski definition) is 3. The molecule has 1 unspecified atom stereocenters. The first-order valence-corrected chi connectivity index (χ1v) is 7.33. The number of anilines is 1. The molecule has 4 heteroatoms. The Morgan fingerprint density at radius 2 is 2.17 bits per heavy atom. The van der Waals surface area contributed by atoms with E-state index >= 15 is 0 Å². The summed E-state index contributed by atoms with van der Waals surface area (Å²) in [5.74, 6) is 0. The molecular formula is C14H21BrN2O. The quantitative estimate of drug-likeness (QED) is 0.929. The second-order valence-corrected chi connectivity index (χ2v) is 5.71. The highest BCUT2D eigenvalue weighted by atomic mass is 79.9. The normalized spacial score (nSPS) is 21.3. The lowest BCUT2D eigenvalue weighted by atomic mass is 10.1. The predicted octanol–water partition coefficient (Wildman–Crippen LogP) is 2.47. The van der Waals surface area contributed by atoms with Crippen molar-refractivity contribution in [2.75, 3.05) is 31.1 Å². The van der Waals surface area contributed by atoms with Gasteiger partial charge in [0.25, 0.3) is 0 Å². The van der Waals surface area contributed by atoms with Crippen LogP contribution in [0.5, 0.6) is 0 Å². The fraction of sp³-hybridized carbons (Fsp3) is 0.571. The van der Waals surface area contributed by atoms with Gasteiger partial charge in [0, 0.05) is 35.8 Å². The van der Waals surface area contributed by atoms with Gasteiger partial charge in [-0.1, -0.05) is 28.9 Å². The Hall–Kier alpha value is -0.580. The zero-order valence-electron chi connectivity index (χ0n) is 11.1. The zero-order chi connectivity index (χ0) is 13.1. The molecule has 1 aromatic rings. The van der Waals surface area contributed by atoms with Crippen LogP contribution in [0.1, 0.15) is 19.4 Å². The molecule has 3 nitrogen and oxygen atoms in total. The monoisotopic (exact) mass is 312 g/mol. The standard InChI is InChI=1S/C14H21BrN2O/c1-3-16-6-7-17(9-11(16)2)13-5-4-12(10-18)14(15)8-13/h4-5,8,11,18H,3,6-7,9-10H2,1-2H3. The lowest BCUT2D eigenvalue weighted by Gasteiger charge is -2.40. The smallest absolute Gasteiger partial charge is 0.0692 e. The predicted molar refractivity (Wildman–Crippen MR) is 79.0 cm³/mol. The number of likely N-dealkylation sites (N-methyl/N-ethyl adjacent to an activating group) is 1. The van der Waals surface area contributed by atoms with Crippen LogP contribution in [0.4, 0.5) is 5.69 Å². The number of hydrogen-bond donors (Lipinski definition) is 1. The molecule has 1 saturated heterocycles. The second kappa shape index (κ2) is 6.04. The maximum absolute atomic E-state index is 9.18. The summed E-state index contributed by atoms with van der Waals surface area (Å²) >= 11 is 3.52. The van der Waals surface area contributed by atoms with Crippen molar-refractivity contribution in [3.63, 3.8) is 0 Å². The third kappa shape index (κ3) is 2.87. The zero-order valence-corrected chi connectivity index (χ0v) is 12.7. The summed E-state index contributed by atoms with van der Waals surface area (Å²) in [4.78, 5) is 4.93. The van der Waals surface area contributed by atoms with Crippen LogP contribution in [-0.4, -0.2) is 42.2 Å². The summed E-state index contributed by atoms with van der Waals surface area (Å²) in [6.45, 7) is 8.98. The second-order valence-electron chi connectivity index (χ2n) is 4.86. The molecule has 0 aromatic heterocycles.